The van der Waals surface area contributed by atoms with Crippen LogP contribution in [0.5, 0.6) is 0 Å². The second-order valence-corrected chi connectivity index (χ2v) is 8.75. The molecule has 5 heteroatoms. The second kappa shape index (κ2) is 9.54. The van der Waals surface area contributed by atoms with E-state index in [0.29, 0.717) is 0 Å². The molecule has 156 valence electrons. The van der Waals surface area contributed by atoms with Gasteiger partial charge < -0.3 is 9.88 Å². The largest absolute Gasteiger partial charge is 0.350 e. The summed E-state index contributed by atoms with van der Waals surface area (Å²) in [5, 5.41) is 3.22. The van der Waals surface area contributed by atoms with Crippen LogP contribution in [-0.4, -0.2) is 39.1 Å². The van der Waals surface area contributed by atoms with Crippen LogP contribution in [0.1, 0.15) is 37.3 Å². The Morgan fingerprint density at radius 2 is 1.93 bits per heavy atom. The summed E-state index contributed by atoms with van der Waals surface area (Å²) in [6.07, 6.45) is 7.89. The molecule has 0 spiro atoms. The fraction of sp³-hybridized carbons (Fsp3) is 0.360. The maximum atomic E-state index is 5.16. The molecule has 0 atom stereocenters. The maximum Gasteiger partial charge on any atom is 0.0958 e. The summed E-state index contributed by atoms with van der Waals surface area (Å²) >= 11 is 5.16. The van der Waals surface area contributed by atoms with Gasteiger partial charge >= 0.3 is 0 Å². The van der Waals surface area contributed by atoms with E-state index in [-0.39, 0.29) is 0 Å². The number of imidazole rings is 1. The summed E-state index contributed by atoms with van der Waals surface area (Å²) in [6.45, 7) is 8.43. The van der Waals surface area contributed by atoms with Gasteiger partial charge in [-0.25, -0.2) is 4.98 Å². The molecule has 2 heterocycles. The number of rotatable bonds is 7. The average Bonchev–Trinajstić information content (AvgIpc) is 3.15. The van der Waals surface area contributed by atoms with Gasteiger partial charge in [0.25, 0.3) is 0 Å². The highest BCUT2D eigenvalue weighted by molar-refractivity contribution is 7.80. The number of aryl methyl sites for hydroxylation is 2. The van der Waals surface area contributed by atoms with E-state index in [1.807, 2.05) is 13.3 Å². The third kappa shape index (κ3) is 4.97. The van der Waals surface area contributed by atoms with Gasteiger partial charge in [0.1, 0.15) is 0 Å². The van der Waals surface area contributed by atoms with Gasteiger partial charge in [0.15, 0.2) is 0 Å². The number of nitrogens with one attached hydrogen (secondary N) is 1. The Balaban J connectivity index is 1.28. The highest BCUT2D eigenvalue weighted by Gasteiger charge is 2.13. The number of fused-ring (bicyclic) bond motifs is 1. The first-order valence-electron chi connectivity index (χ1n) is 10.8. The zero-order valence-corrected chi connectivity index (χ0v) is 18.7. The molecule has 4 nitrogen and oxygen atoms in total. The fourth-order valence-electron chi connectivity index (χ4n) is 4.31. The quantitative estimate of drug-likeness (QED) is 0.396. The maximum absolute atomic E-state index is 5.16. The highest BCUT2D eigenvalue weighted by Crippen LogP contribution is 2.24. The predicted octanol–water partition coefficient (Wildman–Crippen LogP) is 5.67. The Labute approximate surface area is 184 Å². The molecule has 0 radical (unpaired) electrons. The van der Waals surface area contributed by atoms with Crippen molar-refractivity contribution in [3.05, 3.63) is 66.0 Å². The number of aromatic nitrogens is 2. The van der Waals surface area contributed by atoms with Crippen molar-refractivity contribution >= 4 is 39.5 Å². The van der Waals surface area contributed by atoms with Crippen molar-refractivity contribution < 1.29 is 0 Å². The van der Waals surface area contributed by atoms with Gasteiger partial charge in [0.05, 0.1) is 22.3 Å². The van der Waals surface area contributed by atoms with Crippen LogP contribution in [0.3, 0.4) is 0 Å². The second-order valence-electron chi connectivity index (χ2n) is 8.13. The molecule has 3 aromatic rings. The minimum absolute atomic E-state index is 0.775. The van der Waals surface area contributed by atoms with Gasteiger partial charge in [0.2, 0.25) is 0 Å². The minimum Gasteiger partial charge on any atom is -0.350 e. The topological polar surface area (TPSA) is 33.1 Å². The first-order chi connectivity index (χ1) is 14.6. The Bertz CT molecular complexity index is 1050. The van der Waals surface area contributed by atoms with Crippen molar-refractivity contribution in [3.8, 4) is 0 Å². The first kappa shape index (κ1) is 20.8. The van der Waals surface area contributed by atoms with Gasteiger partial charge in [-0.2, -0.15) is 0 Å². The molecule has 0 unspecified atom stereocenters. The summed E-state index contributed by atoms with van der Waals surface area (Å²) in [7, 11) is 0. The van der Waals surface area contributed by atoms with Crippen molar-refractivity contribution in [2.24, 2.45) is 0 Å². The highest BCUT2D eigenvalue weighted by atomic mass is 32.1. The Morgan fingerprint density at radius 3 is 2.67 bits per heavy atom. The van der Waals surface area contributed by atoms with Crippen molar-refractivity contribution in [1.29, 1.82) is 0 Å². The van der Waals surface area contributed by atoms with E-state index in [0.717, 1.165) is 55.2 Å². The summed E-state index contributed by atoms with van der Waals surface area (Å²) in [4.78, 5) is 7.95. The van der Waals surface area contributed by atoms with Crippen LogP contribution in [0.4, 0.5) is 5.69 Å². The standard InChI is InChI=1S/C25H30N4S/c1-19-16-23(27-20(2)30)17-24-25(19)29(18-26-24)13-7-6-12-28-14-10-22(11-15-28)21-8-4-3-5-9-21/h3-5,8-10,16-18H,6-7,11-15H2,1-2H3,(H,27,30). The number of nitrogens with zero attached hydrogens (tertiary/aromatic N) is 3. The van der Waals surface area contributed by atoms with Crippen LogP contribution in [0.15, 0.2) is 54.9 Å². The molecule has 0 amide bonds. The predicted molar refractivity (Wildman–Crippen MR) is 131 cm³/mol. The average molecular weight is 419 g/mol. The number of unbranched alkanes of at least 4 members (excludes halogenated alkanes) is 1. The molecule has 0 fully saturated rings. The molecule has 4 rings (SSSR count). The van der Waals surface area contributed by atoms with Crippen LogP contribution in [0, 0.1) is 6.92 Å². The smallest absolute Gasteiger partial charge is 0.0958 e. The fourth-order valence-corrected chi connectivity index (χ4v) is 4.43. The van der Waals surface area contributed by atoms with Crippen molar-refractivity contribution in [1.82, 2.24) is 14.5 Å². The molecular weight excluding hydrogens is 388 g/mol. The summed E-state index contributed by atoms with van der Waals surface area (Å²) < 4.78 is 2.29. The van der Waals surface area contributed by atoms with Crippen LogP contribution in [0.25, 0.3) is 16.6 Å². The van der Waals surface area contributed by atoms with E-state index in [1.54, 1.807) is 0 Å². The van der Waals surface area contributed by atoms with E-state index in [9.17, 15) is 0 Å². The molecule has 1 aliphatic rings. The number of benzene rings is 2. The zero-order valence-electron chi connectivity index (χ0n) is 17.9. The molecule has 30 heavy (non-hydrogen) atoms. The van der Waals surface area contributed by atoms with Gasteiger partial charge in [-0.3, -0.25) is 4.90 Å². The van der Waals surface area contributed by atoms with E-state index >= 15 is 0 Å². The molecule has 1 aliphatic heterocycles. The zero-order chi connectivity index (χ0) is 20.9. The van der Waals surface area contributed by atoms with Gasteiger partial charge in [0, 0.05) is 25.3 Å². The van der Waals surface area contributed by atoms with Crippen molar-refractivity contribution in [2.45, 2.75) is 39.7 Å². The number of thiocarbonyl (C=S) groups is 1. The van der Waals surface area contributed by atoms with Crippen LogP contribution in [0.2, 0.25) is 0 Å². The van der Waals surface area contributed by atoms with Crippen LogP contribution in [-0.2, 0) is 6.54 Å². The first-order valence-corrected chi connectivity index (χ1v) is 11.2. The molecule has 0 aliphatic carbocycles. The Hall–Kier alpha value is -2.50. The van der Waals surface area contributed by atoms with Crippen LogP contribution >= 0.6 is 12.2 Å². The monoisotopic (exact) mass is 418 g/mol. The lowest BCUT2D eigenvalue weighted by atomic mass is 9.99. The molecule has 1 aromatic heterocycles. The molecule has 1 N–H and O–H groups in total. The van der Waals surface area contributed by atoms with E-state index in [2.05, 4.69) is 75.2 Å². The van der Waals surface area contributed by atoms with Crippen LogP contribution < -0.4 is 5.32 Å². The van der Waals surface area contributed by atoms with E-state index in [1.165, 1.54) is 28.6 Å². The molecule has 0 saturated heterocycles. The molecule has 0 saturated carbocycles. The van der Waals surface area contributed by atoms with Crippen molar-refractivity contribution in [2.75, 3.05) is 25.0 Å². The normalized spacial score (nSPS) is 14.7. The van der Waals surface area contributed by atoms with Gasteiger partial charge in [-0.1, -0.05) is 48.6 Å². The lowest BCUT2D eigenvalue weighted by Gasteiger charge is -2.26. The lowest BCUT2D eigenvalue weighted by molar-refractivity contribution is 0.293. The van der Waals surface area contributed by atoms with E-state index < -0.39 is 0 Å². The summed E-state index contributed by atoms with van der Waals surface area (Å²) in [5.74, 6) is 0. The lowest BCUT2D eigenvalue weighted by Crippen LogP contribution is -2.29. The van der Waals surface area contributed by atoms with E-state index in [4.69, 9.17) is 12.2 Å². The Morgan fingerprint density at radius 1 is 1.13 bits per heavy atom. The number of hydrogen-bond acceptors (Lipinski definition) is 3. The number of anilines is 1. The number of hydrogen-bond donors (Lipinski definition) is 1. The molecule has 2 aromatic carbocycles. The third-order valence-electron chi connectivity index (χ3n) is 5.79. The summed E-state index contributed by atoms with van der Waals surface area (Å²) in [6, 6.07) is 15.0. The summed E-state index contributed by atoms with van der Waals surface area (Å²) in [5.41, 5.74) is 7.38. The SMILES string of the molecule is CC(=S)Nc1cc(C)c2c(c1)ncn2CCCCN1CC=C(c2ccccc2)CC1. The Kier molecular flexibility index (Phi) is 6.60. The molecular formula is C25H30N4S. The van der Waals surface area contributed by atoms with Gasteiger partial charge in [-0.15, -0.1) is 0 Å². The van der Waals surface area contributed by atoms with Crippen molar-refractivity contribution in [3.63, 3.8) is 0 Å². The molecule has 0 bridgehead atoms. The van der Waals surface area contributed by atoms with Gasteiger partial charge in [-0.05, 0) is 68.5 Å². The minimum atomic E-state index is 0.775. The third-order valence-corrected chi connectivity index (χ3v) is 5.89.